The Balaban J connectivity index is 1.41. The minimum Gasteiger partial charge on any atom is -0.336 e. The molecular formula is C19H25N3O2. The molecule has 0 aromatic heterocycles. The number of hydrogen-bond donors (Lipinski definition) is 1. The number of benzene rings is 1. The molecule has 1 unspecified atom stereocenters. The fourth-order valence-corrected chi connectivity index (χ4v) is 4.31. The number of urea groups is 1. The largest absolute Gasteiger partial charge is 0.336 e. The van der Waals surface area contributed by atoms with Crippen molar-refractivity contribution in [3.8, 4) is 0 Å². The second-order valence-electron chi connectivity index (χ2n) is 7.22. The molecule has 4 rings (SSSR count). The average molecular weight is 327 g/mol. The van der Waals surface area contributed by atoms with Gasteiger partial charge in [-0.15, -0.1) is 0 Å². The Bertz CT molecular complexity index is 639. The lowest BCUT2D eigenvalue weighted by Gasteiger charge is -2.32. The van der Waals surface area contributed by atoms with Crippen molar-refractivity contribution in [2.75, 3.05) is 13.1 Å². The van der Waals surface area contributed by atoms with Crippen LogP contribution in [0, 0.1) is 0 Å². The number of carbonyl (C=O) groups excluding carboxylic acids is 2. The van der Waals surface area contributed by atoms with Gasteiger partial charge in [-0.3, -0.25) is 4.79 Å². The van der Waals surface area contributed by atoms with Crippen molar-refractivity contribution in [3.05, 3.63) is 35.4 Å². The highest BCUT2D eigenvalue weighted by molar-refractivity contribution is 5.90. The van der Waals surface area contributed by atoms with E-state index in [-0.39, 0.29) is 18.0 Å². The number of fused-ring (bicyclic) bond motifs is 1. The average Bonchev–Trinajstić information content (AvgIpc) is 3.03. The molecule has 1 N–H and O–H groups in total. The van der Waals surface area contributed by atoms with Gasteiger partial charge in [0.15, 0.2) is 0 Å². The van der Waals surface area contributed by atoms with Gasteiger partial charge in [-0.05, 0) is 30.4 Å². The van der Waals surface area contributed by atoms with Gasteiger partial charge in [-0.2, -0.15) is 0 Å². The van der Waals surface area contributed by atoms with Crippen molar-refractivity contribution in [1.29, 1.82) is 0 Å². The summed E-state index contributed by atoms with van der Waals surface area (Å²) in [6.07, 6.45) is 6.69. The summed E-state index contributed by atoms with van der Waals surface area (Å²) in [4.78, 5) is 29.0. The monoisotopic (exact) mass is 327 g/mol. The van der Waals surface area contributed by atoms with E-state index in [9.17, 15) is 9.59 Å². The van der Waals surface area contributed by atoms with Gasteiger partial charge >= 0.3 is 6.03 Å². The standard InChI is InChI=1S/C19H25N3O2/c23-18(21-11-10-14-6-4-5-7-15(14)12-21)17-13-22(19(24)20-17)16-8-2-1-3-9-16/h4-7,16-17H,1-3,8-13H2,(H,20,24). The third kappa shape index (κ3) is 2.87. The van der Waals surface area contributed by atoms with E-state index in [1.54, 1.807) is 0 Å². The maximum Gasteiger partial charge on any atom is 0.318 e. The molecule has 1 aromatic rings. The van der Waals surface area contributed by atoms with Crippen molar-refractivity contribution in [3.63, 3.8) is 0 Å². The Morgan fingerprint density at radius 2 is 1.83 bits per heavy atom. The first-order chi connectivity index (χ1) is 11.7. The van der Waals surface area contributed by atoms with Gasteiger partial charge in [0.2, 0.25) is 5.91 Å². The predicted molar refractivity (Wildman–Crippen MR) is 91.5 cm³/mol. The molecule has 24 heavy (non-hydrogen) atoms. The van der Waals surface area contributed by atoms with E-state index in [0.29, 0.717) is 19.1 Å². The van der Waals surface area contributed by atoms with Crippen LogP contribution in [0.1, 0.15) is 43.2 Å². The van der Waals surface area contributed by atoms with Crippen LogP contribution in [-0.2, 0) is 17.8 Å². The van der Waals surface area contributed by atoms with Crippen LogP contribution < -0.4 is 5.32 Å². The Kier molecular flexibility index (Phi) is 4.17. The first-order valence-corrected chi connectivity index (χ1v) is 9.15. The van der Waals surface area contributed by atoms with Crippen LogP contribution in [0.25, 0.3) is 0 Å². The molecule has 3 aliphatic rings. The number of amides is 3. The zero-order chi connectivity index (χ0) is 16.5. The summed E-state index contributed by atoms with van der Waals surface area (Å²) in [6.45, 7) is 1.93. The molecular weight excluding hydrogens is 302 g/mol. The Morgan fingerprint density at radius 1 is 1.08 bits per heavy atom. The van der Waals surface area contributed by atoms with Crippen molar-refractivity contribution >= 4 is 11.9 Å². The summed E-state index contributed by atoms with van der Waals surface area (Å²) in [5.41, 5.74) is 2.56. The van der Waals surface area contributed by atoms with Gasteiger partial charge in [0.25, 0.3) is 0 Å². The highest BCUT2D eigenvalue weighted by atomic mass is 16.2. The molecule has 128 valence electrons. The lowest BCUT2D eigenvalue weighted by molar-refractivity contribution is -0.133. The van der Waals surface area contributed by atoms with Gasteiger partial charge in [0, 0.05) is 19.1 Å². The molecule has 1 atom stereocenters. The molecule has 3 amide bonds. The normalized spacial score (nSPS) is 24.7. The summed E-state index contributed by atoms with van der Waals surface area (Å²) in [7, 11) is 0. The molecule has 1 aromatic carbocycles. The van der Waals surface area contributed by atoms with E-state index in [2.05, 4.69) is 23.5 Å². The van der Waals surface area contributed by atoms with Crippen molar-refractivity contribution in [1.82, 2.24) is 15.1 Å². The second kappa shape index (κ2) is 6.46. The van der Waals surface area contributed by atoms with E-state index in [1.165, 1.54) is 30.4 Å². The van der Waals surface area contributed by atoms with Crippen LogP contribution in [0.5, 0.6) is 0 Å². The van der Waals surface area contributed by atoms with Crippen molar-refractivity contribution in [2.24, 2.45) is 0 Å². The Labute approximate surface area is 143 Å². The summed E-state index contributed by atoms with van der Waals surface area (Å²) < 4.78 is 0. The molecule has 2 fully saturated rings. The molecule has 2 aliphatic heterocycles. The van der Waals surface area contributed by atoms with Gasteiger partial charge < -0.3 is 15.1 Å². The molecule has 1 saturated heterocycles. The summed E-state index contributed by atoms with van der Waals surface area (Å²) in [5, 5.41) is 2.92. The maximum atomic E-state index is 12.9. The first-order valence-electron chi connectivity index (χ1n) is 9.15. The fourth-order valence-electron chi connectivity index (χ4n) is 4.31. The summed E-state index contributed by atoms with van der Waals surface area (Å²) in [6, 6.07) is 8.18. The number of nitrogens with one attached hydrogen (secondary N) is 1. The molecule has 0 spiro atoms. The van der Waals surface area contributed by atoms with Gasteiger partial charge in [0.1, 0.15) is 6.04 Å². The molecule has 1 aliphatic carbocycles. The molecule has 2 heterocycles. The molecule has 0 bridgehead atoms. The summed E-state index contributed by atoms with van der Waals surface area (Å²) >= 11 is 0. The summed E-state index contributed by atoms with van der Waals surface area (Å²) in [5.74, 6) is 0.0659. The van der Waals surface area contributed by atoms with Gasteiger partial charge in [0.05, 0.1) is 6.54 Å². The molecule has 0 radical (unpaired) electrons. The first kappa shape index (κ1) is 15.5. The van der Waals surface area contributed by atoms with Crippen LogP contribution in [0.3, 0.4) is 0 Å². The lowest BCUT2D eigenvalue weighted by atomic mass is 9.94. The van der Waals surface area contributed by atoms with E-state index < -0.39 is 0 Å². The van der Waals surface area contributed by atoms with Gasteiger partial charge in [-0.25, -0.2) is 4.79 Å². The molecule has 1 saturated carbocycles. The smallest absolute Gasteiger partial charge is 0.318 e. The quantitative estimate of drug-likeness (QED) is 0.906. The third-order valence-electron chi connectivity index (χ3n) is 5.69. The maximum absolute atomic E-state index is 12.9. The SMILES string of the molecule is O=C(C1CN(C2CCCCC2)C(=O)N1)N1CCc2ccccc2C1. The van der Waals surface area contributed by atoms with Crippen LogP contribution in [0.2, 0.25) is 0 Å². The van der Waals surface area contributed by atoms with Crippen molar-refractivity contribution in [2.45, 2.75) is 57.2 Å². The molecule has 5 nitrogen and oxygen atoms in total. The minimum absolute atomic E-state index is 0.0577. The van der Waals surface area contributed by atoms with Crippen molar-refractivity contribution < 1.29 is 9.59 Å². The predicted octanol–water partition coefficient (Wildman–Crippen LogP) is 2.30. The third-order valence-corrected chi connectivity index (χ3v) is 5.69. The van der Waals surface area contributed by atoms with E-state index >= 15 is 0 Å². The van der Waals surface area contributed by atoms with Crippen LogP contribution in [0.15, 0.2) is 24.3 Å². The topological polar surface area (TPSA) is 52.7 Å². The highest BCUT2D eigenvalue weighted by Crippen LogP contribution is 2.26. The number of nitrogens with zero attached hydrogens (tertiary/aromatic N) is 2. The second-order valence-corrected chi connectivity index (χ2v) is 7.22. The minimum atomic E-state index is -0.385. The van der Waals surface area contributed by atoms with Gasteiger partial charge in [-0.1, -0.05) is 43.5 Å². The van der Waals surface area contributed by atoms with Crippen LogP contribution in [-0.4, -0.2) is 46.9 Å². The van der Waals surface area contributed by atoms with Crippen LogP contribution in [0.4, 0.5) is 4.79 Å². The number of hydrogen-bond acceptors (Lipinski definition) is 2. The van der Waals surface area contributed by atoms with E-state index in [4.69, 9.17) is 0 Å². The lowest BCUT2D eigenvalue weighted by Crippen LogP contribution is -2.47. The van der Waals surface area contributed by atoms with E-state index in [1.807, 2.05) is 15.9 Å². The molecule has 5 heteroatoms. The van der Waals surface area contributed by atoms with Crippen LogP contribution >= 0.6 is 0 Å². The highest BCUT2D eigenvalue weighted by Gasteiger charge is 2.39. The Hall–Kier alpha value is -2.04. The Morgan fingerprint density at radius 3 is 2.62 bits per heavy atom. The fraction of sp³-hybridized carbons (Fsp3) is 0.579. The zero-order valence-corrected chi connectivity index (χ0v) is 14.0. The zero-order valence-electron chi connectivity index (χ0n) is 14.0. The van der Waals surface area contributed by atoms with E-state index in [0.717, 1.165) is 25.8 Å². The number of carbonyl (C=O) groups is 2. The number of rotatable bonds is 2.